The second-order valence-corrected chi connectivity index (χ2v) is 3.39. The molecule has 0 atom stereocenters. The van der Waals surface area contributed by atoms with Crippen LogP contribution in [0.4, 0.5) is 5.69 Å². The van der Waals surface area contributed by atoms with E-state index < -0.39 is 4.92 Å². The lowest BCUT2D eigenvalue weighted by molar-refractivity contribution is -0.384. The number of benzene rings is 1. The van der Waals surface area contributed by atoms with E-state index in [9.17, 15) is 10.1 Å². The van der Waals surface area contributed by atoms with Crippen LogP contribution in [0.1, 0.15) is 5.89 Å². The topological polar surface area (TPSA) is 78.4 Å². The van der Waals surface area contributed by atoms with Crippen LogP contribution in [0.3, 0.4) is 0 Å². The van der Waals surface area contributed by atoms with Crippen molar-refractivity contribution < 1.29 is 14.1 Å². The second-order valence-electron chi connectivity index (χ2n) is 3.39. The molecule has 0 unspecified atom stereocenters. The van der Waals surface area contributed by atoms with Gasteiger partial charge in [0.1, 0.15) is 5.75 Å². The van der Waals surface area contributed by atoms with Crippen LogP contribution in [0.2, 0.25) is 0 Å². The van der Waals surface area contributed by atoms with Crippen molar-refractivity contribution in [1.29, 1.82) is 0 Å². The number of ether oxygens (including phenoxy) is 1. The summed E-state index contributed by atoms with van der Waals surface area (Å²) in [6, 6.07) is 4.33. The van der Waals surface area contributed by atoms with Crippen LogP contribution in [0.25, 0.3) is 11.3 Å². The lowest BCUT2D eigenvalue weighted by atomic mass is 10.1. The maximum absolute atomic E-state index is 10.6. The Labute approximate surface area is 97.0 Å². The maximum atomic E-state index is 10.6. The summed E-state index contributed by atoms with van der Waals surface area (Å²) in [7, 11) is 1.45. The number of nitrogens with zero attached hydrogens (tertiary/aromatic N) is 2. The van der Waals surface area contributed by atoms with Gasteiger partial charge in [0.05, 0.1) is 29.9 Å². The Morgan fingerprint density at radius 2 is 2.24 bits per heavy atom. The Morgan fingerprint density at radius 3 is 2.76 bits per heavy atom. The van der Waals surface area contributed by atoms with Crippen molar-refractivity contribution in [2.75, 3.05) is 7.11 Å². The van der Waals surface area contributed by atoms with Gasteiger partial charge in [0.15, 0.2) is 11.7 Å². The number of methoxy groups -OCH3 is 1. The number of nitro groups is 1. The number of oxazole rings is 1. The zero-order valence-corrected chi connectivity index (χ0v) is 9.34. The Morgan fingerprint density at radius 1 is 1.47 bits per heavy atom. The lowest BCUT2D eigenvalue weighted by Gasteiger charge is -2.05. The average molecular weight is 234 g/mol. The minimum absolute atomic E-state index is 0.0261. The van der Waals surface area contributed by atoms with Gasteiger partial charge in [-0.2, -0.15) is 0 Å². The molecule has 6 heteroatoms. The third-order valence-electron chi connectivity index (χ3n) is 2.28. The largest absolute Gasteiger partial charge is 0.496 e. The van der Waals surface area contributed by atoms with Crippen molar-refractivity contribution in [3.8, 4) is 17.1 Å². The molecule has 6 nitrogen and oxygen atoms in total. The summed E-state index contributed by atoms with van der Waals surface area (Å²) in [6.07, 6.45) is 1.55. The SMILES string of the molecule is COc1cc([N+](=O)[O-])ccc1-c1cnc(C)o1. The van der Waals surface area contributed by atoms with E-state index >= 15 is 0 Å². The van der Waals surface area contributed by atoms with Crippen molar-refractivity contribution in [1.82, 2.24) is 4.98 Å². The molecular formula is C11H10N2O4. The van der Waals surface area contributed by atoms with Crippen LogP contribution >= 0.6 is 0 Å². The fraction of sp³-hybridized carbons (Fsp3) is 0.182. The molecule has 0 radical (unpaired) electrons. The van der Waals surface area contributed by atoms with Gasteiger partial charge in [-0.1, -0.05) is 0 Å². The number of non-ortho nitro benzene ring substituents is 1. The van der Waals surface area contributed by atoms with Gasteiger partial charge in [-0.25, -0.2) is 4.98 Å². The number of hydrogen-bond donors (Lipinski definition) is 0. The predicted octanol–water partition coefficient (Wildman–Crippen LogP) is 2.57. The fourth-order valence-electron chi connectivity index (χ4n) is 1.48. The van der Waals surface area contributed by atoms with Gasteiger partial charge in [0.25, 0.3) is 5.69 Å². The third kappa shape index (κ3) is 2.10. The Kier molecular flexibility index (Phi) is 2.78. The smallest absolute Gasteiger partial charge is 0.273 e. The molecule has 0 saturated carbocycles. The monoisotopic (exact) mass is 234 g/mol. The number of hydrogen-bond acceptors (Lipinski definition) is 5. The van der Waals surface area contributed by atoms with Gasteiger partial charge < -0.3 is 9.15 Å². The quantitative estimate of drug-likeness (QED) is 0.602. The molecule has 2 rings (SSSR count). The number of aryl methyl sites for hydroxylation is 1. The molecule has 1 aromatic heterocycles. The molecule has 0 aliphatic heterocycles. The third-order valence-corrected chi connectivity index (χ3v) is 2.28. The molecule has 1 heterocycles. The highest BCUT2D eigenvalue weighted by Gasteiger charge is 2.15. The molecule has 0 aliphatic carbocycles. The first-order chi connectivity index (χ1) is 8.11. The number of aromatic nitrogens is 1. The summed E-state index contributed by atoms with van der Waals surface area (Å²) < 4.78 is 10.5. The molecule has 0 fully saturated rings. The van der Waals surface area contributed by atoms with Gasteiger partial charge >= 0.3 is 0 Å². The van der Waals surface area contributed by atoms with Gasteiger partial charge in [-0.15, -0.1) is 0 Å². The highest BCUT2D eigenvalue weighted by atomic mass is 16.6. The Bertz CT molecular complexity index is 562. The zero-order chi connectivity index (χ0) is 12.4. The summed E-state index contributed by atoms with van der Waals surface area (Å²) in [6.45, 7) is 1.72. The lowest BCUT2D eigenvalue weighted by Crippen LogP contribution is -1.92. The van der Waals surface area contributed by atoms with Gasteiger partial charge in [-0.05, 0) is 6.07 Å². The van der Waals surface area contributed by atoms with Crippen molar-refractivity contribution >= 4 is 5.69 Å². The molecule has 2 aromatic rings. The van der Waals surface area contributed by atoms with Crippen LogP contribution in [0.15, 0.2) is 28.8 Å². The normalized spacial score (nSPS) is 10.2. The molecule has 0 spiro atoms. The van der Waals surface area contributed by atoms with E-state index in [0.717, 1.165) is 0 Å². The Balaban J connectivity index is 2.51. The van der Waals surface area contributed by atoms with Gasteiger partial charge in [-0.3, -0.25) is 10.1 Å². The van der Waals surface area contributed by atoms with Gasteiger partial charge in [0.2, 0.25) is 0 Å². The zero-order valence-electron chi connectivity index (χ0n) is 9.34. The van der Waals surface area contributed by atoms with E-state index in [-0.39, 0.29) is 5.69 Å². The predicted molar refractivity (Wildman–Crippen MR) is 59.9 cm³/mol. The highest BCUT2D eigenvalue weighted by Crippen LogP contribution is 2.33. The standard InChI is InChI=1S/C11H10N2O4/c1-7-12-6-11(17-7)9-4-3-8(13(14)15)5-10(9)16-2/h3-6H,1-2H3. The summed E-state index contributed by atoms with van der Waals surface area (Å²) in [5.74, 6) is 1.44. The second kappa shape index (κ2) is 4.25. The summed E-state index contributed by atoms with van der Waals surface area (Å²) in [4.78, 5) is 14.1. The van der Waals surface area contributed by atoms with Crippen LogP contribution in [-0.2, 0) is 0 Å². The summed E-state index contributed by atoms with van der Waals surface area (Å²) in [5, 5.41) is 10.6. The maximum Gasteiger partial charge on any atom is 0.273 e. The highest BCUT2D eigenvalue weighted by molar-refractivity contribution is 5.67. The van der Waals surface area contributed by atoms with E-state index in [2.05, 4.69) is 4.98 Å². The van der Waals surface area contributed by atoms with Crippen molar-refractivity contribution in [2.45, 2.75) is 6.92 Å². The van der Waals surface area contributed by atoms with E-state index in [1.807, 2.05) is 0 Å². The van der Waals surface area contributed by atoms with Gasteiger partial charge in [0, 0.05) is 13.0 Å². The first kappa shape index (κ1) is 11.1. The molecule has 17 heavy (non-hydrogen) atoms. The molecule has 1 aromatic carbocycles. The minimum atomic E-state index is -0.474. The molecule has 0 amide bonds. The average Bonchev–Trinajstić information content (AvgIpc) is 2.74. The first-order valence-electron chi connectivity index (χ1n) is 4.87. The van der Waals surface area contributed by atoms with Crippen LogP contribution in [0, 0.1) is 17.0 Å². The molecule has 0 aliphatic rings. The number of nitro benzene ring substituents is 1. The van der Waals surface area contributed by atoms with Crippen molar-refractivity contribution in [3.05, 3.63) is 40.4 Å². The molecule has 0 saturated heterocycles. The van der Waals surface area contributed by atoms with E-state index in [0.29, 0.717) is 23.0 Å². The Hall–Kier alpha value is -2.37. The minimum Gasteiger partial charge on any atom is -0.496 e. The molecule has 88 valence electrons. The first-order valence-corrected chi connectivity index (χ1v) is 4.87. The van der Waals surface area contributed by atoms with Crippen LogP contribution in [0.5, 0.6) is 5.75 Å². The molecule has 0 N–H and O–H groups in total. The van der Waals surface area contributed by atoms with E-state index in [4.69, 9.17) is 9.15 Å². The molecular weight excluding hydrogens is 224 g/mol. The van der Waals surface area contributed by atoms with Crippen LogP contribution in [-0.4, -0.2) is 17.0 Å². The number of rotatable bonds is 3. The van der Waals surface area contributed by atoms with Crippen molar-refractivity contribution in [2.24, 2.45) is 0 Å². The fourth-order valence-corrected chi connectivity index (χ4v) is 1.48. The molecule has 0 bridgehead atoms. The summed E-state index contributed by atoms with van der Waals surface area (Å²) in [5.41, 5.74) is 0.612. The van der Waals surface area contributed by atoms with Crippen molar-refractivity contribution in [3.63, 3.8) is 0 Å². The van der Waals surface area contributed by atoms with E-state index in [1.165, 1.54) is 19.2 Å². The van der Waals surface area contributed by atoms with Crippen LogP contribution < -0.4 is 4.74 Å². The summed E-state index contributed by atoms with van der Waals surface area (Å²) >= 11 is 0. The van der Waals surface area contributed by atoms with E-state index in [1.54, 1.807) is 19.2 Å².